The maximum absolute atomic E-state index is 11.9. The number of hydrogen-bond donors (Lipinski definition) is 2. The van der Waals surface area contributed by atoms with E-state index in [-0.39, 0.29) is 18.2 Å². The van der Waals surface area contributed by atoms with Crippen molar-refractivity contribution in [3.8, 4) is 6.07 Å². The van der Waals surface area contributed by atoms with Crippen molar-refractivity contribution in [2.45, 2.75) is 19.4 Å². The summed E-state index contributed by atoms with van der Waals surface area (Å²) in [4.78, 5) is 23.3. The van der Waals surface area contributed by atoms with E-state index in [0.29, 0.717) is 18.7 Å². The van der Waals surface area contributed by atoms with Gasteiger partial charge in [0.05, 0.1) is 12.5 Å². The van der Waals surface area contributed by atoms with Crippen LogP contribution in [0.2, 0.25) is 0 Å². The number of anilines is 1. The number of hydrogen-bond acceptors (Lipinski definition) is 3. The van der Waals surface area contributed by atoms with Crippen molar-refractivity contribution in [3.63, 3.8) is 0 Å². The highest BCUT2D eigenvalue weighted by Crippen LogP contribution is 2.11. The van der Waals surface area contributed by atoms with Crippen LogP contribution in [0.5, 0.6) is 0 Å². The fourth-order valence-corrected chi connectivity index (χ4v) is 2.08. The fourth-order valence-electron chi connectivity index (χ4n) is 2.08. The van der Waals surface area contributed by atoms with Gasteiger partial charge >= 0.3 is 0 Å². The predicted octanol–water partition coefficient (Wildman–Crippen LogP) is 2.40. The molecule has 5 nitrogen and oxygen atoms in total. The normalized spacial score (nSPS) is 9.70. The number of rotatable bonds is 6. The first-order chi connectivity index (χ1) is 11.2. The van der Waals surface area contributed by atoms with E-state index in [1.54, 1.807) is 24.3 Å². The molecule has 116 valence electrons. The second-order valence-electron chi connectivity index (χ2n) is 5.02. The number of nitrogens with one attached hydrogen (secondary N) is 2. The Balaban J connectivity index is 1.87. The van der Waals surface area contributed by atoms with Crippen LogP contribution in [0.3, 0.4) is 0 Å². The Morgan fingerprint density at radius 2 is 1.70 bits per heavy atom. The zero-order valence-corrected chi connectivity index (χ0v) is 12.6. The molecule has 0 saturated heterocycles. The zero-order valence-electron chi connectivity index (χ0n) is 12.6. The molecule has 2 aromatic rings. The molecule has 2 amide bonds. The summed E-state index contributed by atoms with van der Waals surface area (Å²) in [6.45, 7) is 0.383. The van der Waals surface area contributed by atoms with Crippen LogP contribution in [0.1, 0.15) is 17.5 Å². The van der Waals surface area contributed by atoms with E-state index in [2.05, 4.69) is 10.6 Å². The largest absolute Gasteiger partial charge is 0.352 e. The molecule has 0 aliphatic rings. The molecule has 0 radical (unpaired) electrons. The predicted molar refractivity (Wildman–Crippen MR) is 87.3 cm³/mol. The lowest BCUT2D eigenvalue weighted by Crippen LogP contribution is -2.24. The third kappa shape index (κ3) is 5.64. The number of amides is 2. The summed E-state index contributed by atoms with van der Waals surface area (Å²) in [7, 11) is 0. The zero-order chi connectivity index (χ0) is 16.5. The van der Waals surface area contributed by atoms with Crippen molar-refractivity contribution >= 4 is 17.5 Å². The SMILES string of the molecule is N#CCC(=O)Nc1cccc(CNC(=O)Cc2ccccc2)c1. The van der Waals surface area contributed by atoms with Crippen molar-refractivity contribution in [2.24, 2.45) is 0 Å². The number of carbonyl (C=O) groups is 2. The van der Waals surface area contributed by atoms with Crippen LogP contribution in [-0.2, 0) is 22.6 Å². The first-order valence-corrected chi connectivity index (χ1v) is 7.24. The molecule has 0 aliphatic heterocycles. The fraction of sp³-hybridized carbons (Fsp3) is 0.167. The topological polar surface area (TPSA) is 82.0 Å². The van der Waals surface area contributed by atoms with Crippen molar-refractivity contribution < 1.29 is 9.59 Å². The van der Waals surface area contributed by atoms with E-state index < -0.39 is 0 Å². The number of nitrogens with zero attached hydrogens (tertiary/aromatic N) is 1. The second kappa shape index (κ2) is 8.35. The molecule has 0 atom stereocenters. The van der Waals surface area contributed by atoms with E-state index in [1.165, 1.54) is 0 Å². The Hall–Kier alpha value is -3.13. The van der Waals surface area contributed by atoms with E-state index in [1.807, 2.05) is 36.4 Å². The molecule has 23 heavy (non-hydrogen) atoms. The molecule has 5 heteroatoms. The second-order valence-corrected chi connectivity index (χ2v) is 5.02. The van der Waals surface area contributed by atoms with Crippen LogP contribution in [-0.4, -0.2) is 11.8 Å². The van der Waals surface area contributed by atoms with Gasteiger partial charge in [0.15, 0.2) is 0 Å². The highest BCUT2D eigenvalue weighted by atomic mass is 16.2. The van der Waals surface area contributed by atoms with E-state index in [9.17, 15) is 9.59 Å². The lowest BCUT2D eigenvalue weighted by molar-refractivity contribution is -0.120. The first kappa shape index (κ1) is 16.2. The minimum absolute atomic E-state index is 0.0601. The molecule has 0 unspecified atom stereocenters. The molecule has 0 aliphatic carbocycles. The van der Waals surface area contributed by atoms with Gasteiger partial charge in [0.25, 0.3) is 0 Å². The molecule has 0 aromatic heterocycles. The smallest absolute Gasteiger partial charge is 0.238 e. The third-order valence-corrected chi connectivity index (χ3v) is 3.15. The Kier molecular flexibility index (Phi) is 5.89. The molecule has 2 aromatic carbocycles. The van der Waals surface area contributed by atoms with E-state index in [0.717, 1.165) is 11.1 Å². The van der Waals surface area contributed by atoms with E-state index in [4.69, 9.17) is 5.26 Å². The lowest BCUT2D eigenvalue weighted by atomic mass is 10.1. The van der Waals surface area contributed by atoms with Gasteiger partial charge in [0.2, 0.25) is 11.8 Å². The Morgan fingerprint density at radius 1 is 0.957 bits per heavy atom. The Morgan fingerprint density at radius 3 is 2.43 bits per heavy atom. The number of benzene rings is 2. The van der Waals surface area contributed by atoms with Gasteiger partial charge in [-0.1, -0.05) is 42.5 Å². The van der Waals surface area contributed by atoms with Gasteiger partial charge in [-0.15, -0.1) is 0 Å². The molecule has 0 bridgehead atoms. The Labute approximate surface area is 134 Å². The number of carbonyl (C=O) groups excluding carboxylic acids is 2. The van der Waals surface area contributed by atoms with Gasteiger partial charge in [-0.2, -0.15) is 5.26 Å². The Bertz CT molecular complexity index is 721. The van der Waals surface area contributed by atoms with Crippen LogP contribution < -0.4 is 10.6 Å². The summed E-state index contributed by atoms with van der Waals surface area (Å²) < 4.78 is 0. The summed E-state index contributed by atoms with van der Waals surface area (Å²) in [6, 6.07) is 18.5. The standard InChI is InChI=1S/C18H17N3O2/c19-10-9-17(22)21-16-8-4-7-15(11-16)13-20-18(23)12-14-5-2-1-3-6-14/h1-8,11H,9,12-13H2,(H,20,23)(H,21,22). The molecule has 0 saturated carbocycles. The summed E-state index contributed by atoms with van der Waals surface area (Å²) in [5, 5.41) is 14.0. The first-order valence-electron chi connectivity index (χ1n) is 7.24. The van der Waals surface area contributed by atoms with Crippen molar-refractivity contribution in [1.82, 2.24) is 5.32 Å². The monoisotopic (exact) mass is 307 g/mol. The quantitative estimate of drug-likeness (QED) is 0.859. The van der Waals surface area contributed by atoms with Gasteiger partial charge in [0, 0.05) is 12.2 Å². The van der Waals surface area contributed by atoms with Crippen LogP contribution >= 0.6 is 0 Å². The molecule has 0 spiro atoms. The van der Waals surface area contributed by atoms with Gasteiger partial charge in [-0.05, 0) is 23.3 Å². The van der Waals surface area contributed by atoms with Gasteiger partial charge in [-0.3, -0.25) is 9.59 Å². The molecule has 0 fully saturated rings. The number of nitriles is 1. The summed E-state index contributed by atoms with van der Waals surface area (Å²) in [5.74, 6) is -0.409. The summed E-state index contributed by atoms with van der Waals surface area (Å²) in [5.41, 5.74) is 2.45. The molecule has 2 N–H and O–H groups in total. The van der Waals surface area contributed by atoms with Gasteiger partial charge < -0.3 is 10.6 Å². The average Bonchev–Trinajstić information content (AvgIpc) is 2.54. The van der Waals surface area contributed by atoms with Crippen molar-refractivity contribution in [1.29, 1.82) is 5.26 Å². The van der Waals surface area contributed by atoms with Crippen molar-refractivity contribution in [2.75, 3.05) is 5.32 Å². The average molecular weight is 307 g/mol. The van der Waals surface area contributed by atoms with Gasteiger partial charge in [-0.25, -0.2) is 0 Å². The minimum atomic E-state index is -0.349. The molecule has 2 rings (SSSR count). The van der Waals surface area contributed by atoms with Crippen LogP contribution in [0.25, 0.3) is 0 Å². The summed E-state index contributed by atoms with van der Waals surface area (Å²) in [6.07, 6.45) is 0.150. The summed E-state index contributed by atoms with van der Waals surface area (Å²) >= 11 is 0. The highest BCUT2D eigenvalue weighted by Gasteiger charge is 2.05. The van der Waals surface area contributed by atoms with Crippen LogP contribution in [0.4, 0.5) is 5.69 Å². The van der Waals surface area contributed by atoms with E-state index >= 15 is 0 Å². The highest BCUT2D eigenvalue weighted by molar-refractivity contribution is 5.92. The maximum Gasteiger partial charge on any atom is 0.238 e. The molecular formula is C18H17N3O2. The maximum atomic E-state index is 11.9. The third-order valence-electron chi connectivity index (χ3n) is 3.15. The minimum Gasteiger partial charge on any atom is -0.352 e. The lowest BCUT2D eigenvalue weighted by Gasteiger charge is -2.08. The van der Waals surface area contributed by atoms with Crippen molar-refractivity contribution in [3.05, 3.63) is 65.7 Å². The van der Waals surface area contributed by atoms with Gasteiger partial charge in [0.1, 0.15) is 6.42 Å². The van der Waals surface area contributed by atoms with Crippen LogP contribution in [0.15, 0.2) is 54.6 Å². The molecule has 0 heterocycles. The van der Waals surface area contributed by atoms with Crippen LogP contribution in [0, 0.1) is 11.3 Å². The molecular weight excluding hydrogens is 290 g/mol.